The first-order valence-corrected chi connectivity index (χ1v) is 7.73. The Morgan fingerprint density at radius 3 is 2.52 bits per heavy atom. The van der Waals surface area contributed by atoms with Gasteiger partial charge in [0, 0.05) is 11.2 Å². The molecule has 0 aliphatic rings. The van der Waals surface area contributed by atoms with Crippen molar-refractivity contribution in [2.24, 2.45) is 0 Å². The summed E-state index contributed by atoms with van der Waals surface area (Å²) in [4.78, 5) is 12.8. The number of hydrogen-bond donors (Lipinski definition) is 2. The van der Waals surface area contributed by atoms with Crippen LogP contribution in [-0.2, 0) is 15.2 Å². The minimum Gasteiger partial charge on any atom is -0.465 e. The van der Waals surface area contributed by atoms with E-state index in [1.54, 1.807) is 31.2 Å². The lowest BCUT2D eigenvalue weighted by Crippen LogP contribution is -2.47. The summed E-state index contributed by atoms with van der Waals surface area (Å²) >= 11 is 0. The van der Waals surface area contributed by atoms with Crippen molar-refractivity contribution in [1.29, 1.82) is 0 Å². The molecule has 0 saturated carbocycles. The first-order valence-electron chi connectivity index (χ1n) is 6.63. The monoisotopic (exact) mass is 315 g/mol. The number of rotatable bonds is 6. The van der Waals surface area contributed by atoms with Crippen LogP contribution >= 0.6 is 0 Å². The molecule has 1 atom stereocenters. The van der Waals surface area contributed by atoms with Crippen LogP contribution in [0.15, 0.2) is 24.3 Å². The number of thiol groups is 1. The number of anilines is 1. The Morgan fingerprint density at radius 1 is 1.43 bits per heavy atom. The van der Waals surface area contributed by atoms with E-state index in [9.17, 15) is 18.3 Å². The zero-order valence-corrected chi connectivity index (χ0v) is 13.5. The van der Waals surface area contributed by atoms with E-state index in [1.807, 2.05) is 20.8 Å². The number of carbonyl (C=O) groups is 1. The lowest BCUT2D eigenvalue weighted by molar-refractivity contribution is 0.193. The zero-order valence-electron chi connectivity index (χ0n) is 12.6. The Bertz CT molecular complexity index is 574. The molecular weight excluding hydrogens is 294 g/mol. The molecule has 1 aromatic rings. The molecule has 1 rings (SSSR count). The predicted octanol–water partition coefficient (Wildman–Crippen LogP) is 2.96. The fraction of sp³-hybridized carbons (Fsp3) is 0.500. The van der Waals surface area contributed by atoms with Gasteiger partial charge in [0.05, 0.1) is 6.10 Å². The summed E-state index contributed by atoms with van der Waals surface area (Å²) in [5.74, 6) is 0. The van der Waals surface area contributed by atoms with Crippen molar-refractivity contribution >= 4 is 22.8 Å². The predicted molar refractivity (Wildman–Crippen MR) is 81.1 cm³/mol. The SMILES string of the molecule is CCC(C)(C)N(C(=O)O)c1cccc(C(C)O[SH](=O)=O)c1. The fourth-order valence-electron chi connectivity index (χ4n) is 1.98. The number of nitrogens with zero attached hydrogens (tertiary/aromatic N) is 1. The Kier molecular flexibility index (Phi) is 5.74. The van der Waals surface area contributed by atoms with Crippen LogP contribution in [-0.4, -0.2) is 25.2 Å². The van der Waals surface area contributed by atoms with E-state index >= 15 is 0 Å². The van der Waals surface area contributed by atoms with Crippen molar-refractivity contribution in [1.82, 2.24) is 0 Å². The molecule has 0 heterocycles. The van der Waals surface area contributed by atoms with Gasteiger partial charge < -0.3 is 5.11 Å². The Hall–Kier alpha value is -1.60. The Morgan fingerprint density at radius 2 is 2.05 bits per heavy atom. The zero-order chi connectivity index (χ0) is 16.2. The number of amides is 1. The highest BCUT2D eigenvalue weighted by Gasteiger charge is 2.30. The molecule has 0 aliphatic carbocycles. The summed E-state index contributed by atoms with van der Waals surface area (Å²) in [6, 6.07) is 6.70. The molecule has 1 aromatic carbocycles. The molecule has 0 bridgehead atoms. The molecule has 21 heavy (non-hydrogen) atoms. The van der Waals surface area contributed by atoms with E-state index < -0.39 is 28.7 Å². The van der Waals surface area contributed by atoms with Crippen molar-refractivity contribution in [3.63, 3.8) is 0 Å². The summed E-state index contributed by atoms with van der Waals surface area (Å²) < 4.78 is 26.0. The number of hydrogen-bond acceptors (Lipinski definition) is 4. The van der Waals surface area contributed by atoms with Crippen LogP contribution in [0.4, 0.5) is 10.5 Å². The van der Waals surface area contributed by atoms with Crippen LogP contribution in [0.1, 0.15) is 45.8 Å². The van der Waals surface area contributed by atoms with Crippen molar-refractivity contribution in [3.05, 3.63) is 29.8 Å². The minimum atomic E-state index is -2.96. The van der Waals surface area contributed by atoms with E-state index in [2.05, 4.69) is 0 Å². The number of benzene rings is 1. The largest absolute Gasteiger partial charge is 0.465 e. The molecule has 0 spiro atoms. The molecule has 1 N–H and O–H groups in total. The average molecular weight is 315 g/mol. The van der Waals surface area contributed by atoms with Gasteiger partial charge in [-0.25, -0.2) is 13.2 Å². The topological polar surface area (TPSA) is 83.9 Å². The second-order valence-corrected chi connectivity index (χ2v) is 6.01. The first-order chi connectivity index (χ1) is 9.69. The summed E-state index contributed by atoms with van der Waals surface area (Å²) in [7, 11) is -2.96. The van der Waals surface area contributed by atoms with E-state index in [0.717, 1.165) is 0 Å². The van der Waals surface area contributed by atoms with Crippen LogP contribution in [0, 0.1) is 0 Å². The van der Waals surface area contributed by atoms with Gasteiger partial charge in [0.25, 0.3) is 11.0 Å². The van der Waals surface area contributed by atoms with Crippen LogP contribution in [0.25, 0.3) is 0 Å². The molecule has 0 fully saturated rings. The van der Waals surface area contributed by atoms with Gasteiger partial charge in [-0.15, -0.1) is 0 Å². The highest BCUT2D eigenvalue weighted by molar-refractivity contribution is 7.67. The number of carboxylic acid groups (broad SMARTS) is 1. The van der Waals surface area contributed by atoms with Crippen LogP contribution in [0.3, 0.4) is 0 Å². The maximum absolute atomic E-state index is 11.6. The van der Waals surface area contributed by atoms with Crippen molar-refractivity contribution < 1.29 is 22.5 Å². The standard InChI is InChI=1S/C14H21NO5S/c1-5-14(3,4)15(13(16)17)12-8-6-7-11(9-12)10(2)20-21(18)19/h6-10,21H,5H2,1-4H3,(H,16,17). The van der Waals surface area contributed by atoms with E-state index in [-0.39, 0.29) is 0 Å². The molecule has 7 heteroatoms. The molecule has 1 unspecified atom stereocenters. The molecule has 118 valence electrons. The van der Waals surface area contributed by atoms with Crippen molar-refractivity contribution in [2.75, 3.05) is 4.90 Å². The molecule has 6 nitrogen and oxygen atoms in total. The fourth-order valence-corrected chi connectivity index (χ4v) is 2.36. The Labute approximate surface area is 126 Å². The summed E-state index contributed by atoms with van der Waals surface area (Å²) in [6.07, 6.45) is -1.07. The van der Waals surface area contributed by atoms with Crippen LogP contribution < -0.4 is 4.90 Å². The van der Waals surface area contributed by atoms with E-state index in [1.165, 1.54) is 4.90 Å². The third-order valence-corrected chi connectivity index (χ3v) is 3.99. The first kappa shape index (κ1) is 17.5. The maximum Gasteiger partial charge on any atom is 0.412 e. The normalized spacial score (nSPS) is 13.2. The third kappa shape index (κ3) is 4.44. The van der Waals surface area contributed by atoms with Gasteiger partial charge in [0.2, 0.25) is 0 Å². The smallest absolute Gasteiger partial charge is 0.412 e. The van der Waals surface area contributed by atoms with Crippen molar-refractivity contribution in [2.45, 2.75) is 45.8 Å². The highest BCUT2D eigenvalue weighted by Crippen LogP contribution is 2.29. The van der Waals surface area contributed by atoms with Gasteiger partial charge >= 0.3 is 6.09 Å². The van der Waals surface area contributed by atoms with Gasteiger partial charge in [0.1, 0.15) is 0 Å². The van der Waals surface area contributed by atoms with Crippen molar-refractivity contribution in [3.8, 4) is 0 Å². The Balaban J connectivity index is 3.20. The van der Waals surface area contributed by atoms with Crippen LogP contribution in [0.5, 0.6) is 0 Å². The maximum atomic E-state index is 11.6. The molecule has 0 radical (unpaired) electrons. The lowest BCUT2D eigenvalue weighted by atomic mass is 9.98. The van der Waals surface area contributed by atoms with Gasteiger partial charge in [0.15, 0.2) is 0 Å². The van der Waals surface area contributed by atoms with E-state index in [0.29, 0.717) is 17.7 Å². The van der Waals surface area contributed by atoms with Gasteiger partial charge in [-0.1, -0.05) is 19.1 Å². The minimum absolute atomic E-state index is 0.489. The lowest BCUT2D eigenvalue weighted by Gasteiger charge is -2.36. The molecule has 0 aromatic heterocycles. The van der Waals surface area contributed by atoms with Gasteiger partial charge in [-0.05, 0) is 44.9 Å². The van der Waals surface area contributed by atoms with Crippen LogP contribution in [0.2, 0.25) is 0 Å². The summed E-state index contributed by atoms with van der Waals surface area (Å²) in [6.45, 7) is 7.18. The summed E-state index contributed by atoms with van der Waals surface area (Å²) in [5, 5.41) is 9.47. The molecule has 1 amide bonds. The second-order valence-electron chi connectivity index (χ2n) is 5.35. The average Bonchev–Trinajstić information content (AvgIpc) is 2.37. The second kappa shape index (κ2) is 6.91. The molecule has 0 aliphatic heterocycles. The third-order valence-electron chi connectivity index (χ3n) is 3.50. The summed E-state index contributed by atoms with van der Waals surface area (Å²) in [5.41, 5.74) is 0.520. The highest BCUT2D eigenvalue weighted by atomic mass is 32.2. The van der Waals surface area contributed by atoms with Gasteiger partial charge in [-0.2, -0.15) is 0 Å². The molecular formula is C14H21NO5S. The molecule has 0 saturated heterocycles. The van der Waals surface area contributed by atoms with E-state index in [4.69, 9.17) is 4.18 Å². The van der Waals surface area contributed by atoms with Gasteiger partial charge in [-0.3, -0.25) is 9.08 Å². The quantitative estimate of drug-likeness (QED) is 0.788.